The van der Waals surface area contributed by atoms with Crippen LogP contribution in [-0.4, -0.2) is 60.3 Å². The summed E-state index contributed by atoms with van der Waals surface area (Å²) < 4.78 is 51.9. The molecule has 0 amide bonds. The number of alkyl halides is 2. The predicted octanol–water partition coefficient (Wildman–Crippen LogP) is 3.06. The molecule has 2 aromatic rings. The molecule has 1 aromatic carbocycles. The summed E-state index contributed by atoms with van der Waals surface area (Å²) in [6.07, 6.45) is -0.208. The molecular formula is C19H21F3N2O3. The number of fused-ring (bicyclic) bond motifs is 3. The van der Waals surface area contributed by atoms with Gasteiger partial charge in [-0.15, -0.1) is 0 Å². The maximum atomic E-state index is 13.7. The molecule has 2 saturated heterocycles. The van der Waals surface area contributed by atoms with Crippen molar-refractivity contribution in [2.45, 2.75) is 44.0 Å². The highest BCUT2D eigenvalue weighted by molar-refractivity contribution is 6.04. The fourth-order valence-electron chi connectivity index (χ4n) is 4.09. The molecule has 1 aromatic heterocycles. The Bertz CT molecular complexity index is 840. The average molecular weight is 382 g/mol. The molecule has 4 rings (SSSR count). The highest BCUT2D eigenvalue weighted by atomic mass is 19.3. The van der Waals surface area contributed by atoms with E-state index in [4.69, 9.17) is 9.47 Å². The molecule has 2 fully saturated rings. The van der Waals surface area contributed by atoms with Gasteiger partial charge in [-0.05, 0) is 25.2 Å². The lowest BCUT2D eigenvalue weighted by molar-refractivity contribution is -0.0970. The second-order valence-electron chi connectivity index (χ2n) is 7.26. The molecular weight excluding hydrogens is 361 g/mol. The third kappa shape index (κ3) is 3.55. The summed E-state index contributed by atoms with van der Waals surface area (Å²) in [4.78, 5) is 15.0. The lowest BCUT2D eigenvalue weighted by atomic mass is 9.92. The number of aromatic nitrogens is 1. The predicted molar refractivity (Wildman–Crippen MR) is 92.5 cm³/mol. The quantitative estimate of drug-likeness (QED) is 0.763. The molecule has 0 spiro atoms. The Kier molecular flexibility index (Phi) is 4.86. The average Bonchev–Trinajstić information content (AvgIpc) is 2.93. The first kappa shape index (κ1) is 18.3. The summed E-state index contributed by atoms with van der Waals surface area (Å²) in [6, 6.07) is 4.16. The van der Waals surface area contributed by atoms with E-state index in [2.05, 4.69) is 4.90 Å². The van der Waals surface area contributed by atoms with Crippen LogP contribution in [-0.2, 0) is 16.0 Å². The van der Waals surface area contributed by atoms with Crippen molar-refractivity contribution in [1.29, 1.82) is 0 Å². The van der Waals surface area contributed by atoms with Crippen LogP contribution in [0.5, 0.6) is 0 Å². The topological polar surface area (TPSA) is 43.7 Å². The number of halogens is 3. The minimum absolute atomic E-state index is 0.116. The molecule has 8 heteroatoms. The summed E-state index contributed by atoms with van der Waals surface area (Å²) in [6.45, 7) is 0.630. The largest absolute Gasteiger partial charge is 0.459 e. The number of esters is 1. The summed E-state index contributed by atoms with van der Waals surface area (Å²) in [5.74, 6) is -1.13. The molecule has 3 heterocycles. The lowest BCUT2D eigenvalue weighted by Gasteiger charge is -2.46. The van der Waals surface area contributed by atoms with Crippen molar-refractivity contribution in [3.8, 4) is 0 Å². The first-order valence-corrected chi connectivity index (χ1v) is 8.99. The number of carbonyl (C=O) groups is 1. The van der Waals surface area contributed by atoms with Crippen LogP contribution in [0.1, 0.15) is 23.2 Å². The number of hydrogen-bond acceptors (Lipinski definition) is 4. The Labute approximate surface area is 154 Å². The van der Waals surface area contributed by atoms with Crippen LogP contribution in [0.4, 0.5) is 13.2 Å². The van der Waals surface area contributed by atoms with Crippen molar-refractivity contribution in [2.24, 2.45) is 0 Å². The van der Waals surface area contributed by atoms with Crippen LogP contribution in [0.25, 0.3) is 10.9 Å². The van der Waals surface area contributed by atoms with E-state index in [1.165, 1.54) is 29.0 Å². The zero-order chi connectivity index (χ0) is 19.1. The van der Waals surface area contributed by atoms with Crippen LogP contribution in [0.15, 0.2) is 24.4 Å². The zero-order valence-corrected chi connectivity index (χ0v) is 14.9. The number of morpholine rings is 1. The monoisotopic (exact) mass is 382 g/mol. The molecule has 0 saturated carbocycles. The fraction of sp³-hybridized carbons (Fsp3) is 0.526. The molecule has 2 bridgehead atoms. The van der Waals surface area contributed by atoms with Crippen molar-refractivity contribution in [2.75, 3.05) is 20.3 Å². The van der Waals surface area contributed by atoms with Gasteiger partial charge in [0.05, 0.1) is 25.3 Å². The van der Waals surface area contributed by atoms with E-state index in [0.29, 0.717) is 31.6 Å². The maximum absolute atomic E-state index is 13.7. The van der Waals surface area contributed by atoms with Crippen LogP contribution in [0.3, 0.4) is 0 Å². The van der Waals surface area contributed by atoms with Gasteiger partial charge < -0.3 is 14.0 Å². The van der Waals surface area contributed by atoms with Crippen LogP contribution in [0.2, 0.25) is 0 Å². The molecule has 0 aliphatic carbocycles. The molecule has 0 radical (unpaired) electrons. The van der Waals surface area contributed by atoms with Crippen molar-refractivity contribution >= 4 is 16.9 Å². The molecule has 27 heavy (non-hydrogen) atoms. The Balaban J connectivity index is 1.58. The van der Waals surface area contributed by atoms with E-state index in [1.807, 2.05) is 7.05 Å². The van der Waals surface area contributed by atoms with E-state index in [-0.39, 0.29) is 29.1 Å². The zero-order valence-electron chi connectivity index (χ0n) is 14.9. The third-order valence-electron chi connectivity index (χ3n) is 5.51. The highest BCUT2D eigenvalue weighted by Gasteiger charge is 2.38. The van der Waals surface area contributed by atoms with Gasteiger partial charge in [0.15, 0.2) is 0 Å². The summed E-state index contributed by atoms with van der Waals surface area (Å²) in [5, 5.41) is 0.289. The van der Waals surface area contributed by atoms with Gasteiger partial charge in [-0.25, -0.2) is 18.0 Å². The third-order valence-corrected chi connectivity index (χ3v) is 5.51. The number of rotatable bonds is 4. The number of carbonyl (C=O) groups excluding carboxylic acids is 1. The molecule has 146 valence electrons. The van der Waals surface area contributed by atoms with Crippen molar-refractivity contribution in [1.82, 2.24) is 9.47 Å². The summed E-state index contributed by atoms with van der Waals surface area (Å²) in [5.41, 5.74) is 0.503. The SMILES string of the molecule is CN1[C@@H]2COC[C@H]1C[C@@H](OC(=O)c1cn(CC(F)F)c3ccc(F)cc13)C2. The van der Waals surface area contributed by atoms with Crippen LogP contribution in [0, 0.1) is 5.82 Å². The first-order valence-electron chi connectivity index (χ1n) is 8.99. The van der Waals surface area contributed by atoms with Gasteiger partial charge in [-0.2, -0.15) is 0 Å². The van der Waals surface area contributed by atoms with Gasteiger partial charge in [-0.3, -0.25) is 4.90 Å². The van der Waals surface area contributed by atoms with E-state index >= 15 is 0 Å². The molecule has 0 unspecified atom stereocenters. The molecule has 2 aliphatic rings. The Hall–Kier alpha value is -2.06. The van der Waals surface area contributed by atoms with Gasteiger partial charge in [0.25, 0.3) is 6.43 Å². The molecule has 2 aliphatic heterocycles. The summed E-state index contributed by atoms with van der Waals surface area (Å²) >= 11 is 0. The van der Waals surface area contributed by atoms with Crippen molar-refractivity contribution in [3.63, 3.8) is 0 Å². The van der Waals surface area contributed by atoms with Gasteiger partial charge in [0.2, 0.25) is 0 Å². The van der Waals surface area contributed by atoms with E-state index in [1.54, 1.807) is 0 Å². The summed E-state index contributed by atoms with van der Waals surface area (Å²) in [7, 11) is 2.04. The van der Waals surface area contributed by atoms with E-state index < -0.39 is 24.8 Å². The lowest BCUT2D eigenvalue weighted by Crippen LogP contribution is -2.56. The molecule has 3 atom stereocenters. The number of ether oxygens (including phenoxy) is 2. The minimum atomic E-state index is -2.58. The number of likely N-dealkylation sites (N-methyl/N-ethyl adjacent to an activating group) is 1. The maximum Gasteiger partial charge on any atom is 0.340 e. The van der Waals surface area contributed by atoms with E-state index in [9.17, 15) is 18.0 Å². The number of hydrogen-bond donors (Lipinski definition) is 0. The van der Waals surface area contributed by atoms with Crippen molar-refractivity contribution < 1.29 is 27.4 Å². The molecule has 0 N–H and O–H groups in total. The van der Waals surface area contributed by atoms with Gasteiger partial charge >= 0.3 is 5.97 Å². The Morgan fingerprint density at radius 1 is 1.30 bits per heavy atom. The van der Waals surface area contributed by atoms with Gasteiger partial charge in [0.1, 0.15) is 11.9 Å². The van der Waals surface area contributed by atoms with E-state index in [0.717, 1.165) is 0 Å². The second kappa shape index (κ2) is 7.16. The minimum Gasteiger partial charge on any atom is -0.459 e. The number of piperidine rings is 1. The Morgan fingerprint density at radius 2 is 2.00 bits per heavy atom. The number of nitrogens with zero attached hydrogens (tertiary/aromatic N) is 2. The Morgan fingerprint density at radius 3 is 2.67 bits per heavy atom. The first-order chi connectivity index (χ1) is 12.9. The second-order valence-corrected chi connectivity index (χ2v) is 7.26. The highest BCUT2D eigenvalue weighted by Crippen LogP contribution is 2.30. The standard InChI is InChI=1S/C19H21F3N2O3/c1-23-12-5-14(6-13(23)10-26-9-12)27-19(25)16-7-24(8-18(21)22)17-3-2-11(20)4-15(16)17/h2-4,7,12-14,18H,5-6,8-10H2,1H3/t12-,13+,14-. The van der Waals surface area contributed by atoms with Crippen molar-refractivity contribution in [3.05, 3.63) is 35.8 Å². The van der Waals surface area contributed by atoms with Crippen LogP contribution < -0.4 is 0 Å². The number of benzene rings is 1. The normalized spacial score (nSPS) is 25.9. The van der Waals surface area contributed by atoms with Gasteiger partial charge in [0, 0.05) is 42.0 Å². The smallest absolute Gasteiger partial charge is 0.340 e. The van der Waals surface area contributed by atoms with Gasteiger partial charge in [-0.1, -0.05) is 0 Å². The molecule has 5 nitrogen and oxygen atoms in total. The fourth-order valence-corrected chi connectivity index (χ4v) is 4.09. The van der Waals surface area contributed by atoms with Crippen LogP contribution >= 0.6 is 0 Å².